The highest BCUT2D eigenvalue weighted by Gasteiger charge is 2.34. The van der Waals surface area contributed by atoms with Gasteiger partial charge in [0, 0.05) is 0 Å². The topological polar surface area (TPSA) is 29.5 Å². The molecule has 4 atom stereocenters. The van der Waals surface area contributed by atoms with Crippen LogP contribution in [0.1, 0.15) is 32.3 Å². The van der Waals surface area contributed by atoms with Gasteiger partial charge in [0.2, 0.25) is 0 Å². The van der Waals surface area contributed by atoms with Gasteiger partial charge in [-0.25, -0.2) is 4.39 Å². The van der Waals surface area contributed by atoms with E-state index in [0.29, 0.717) is 17.6 Å². The summed E-state index contributed by atoms with van der Waals surface area (Å²) in [5.74, 6) is 1.25. The number of ether oxygens (including phenoxy) is 1. The molecule has 1 aliphatic rings. The maximum absolute atomic E-state index is 13.0. The number of hydrogen-bond donors (Lipinski definition) is 1. The van der Waals surface area contributed by atoms with E-state index in [-0.39, 0.29) is 11.9 Å². The van der Waals surface area contributed by atoms with Crippen LogP contribution in [-0.2, 0) is 0 Å². The van der Waals surface area contributed by atoms with Crippen LogP contribution in [0.2, 0.25) is 0 Å². The first-order valence-electron chi connectivity index (χ1n) is 6.58. The van der Waals surface area contributed by atoms with Crippen LogP contribution in [0.5, 0.6) is 5.75 Å². The number of rotatable bonds is 2. The fourth-order valence-corrected chi connectivity index (χ4v) is 2.88. The van der Waals surface area contributed by atoms with Gasteiger partial charge in [0.1, 0.15) is 17.7 Å². The Hall–Kier alpha value is -1.09. The summed E-state index contributed by atoms with van der Waals surface area (Å²) in [5.41, 5.74) is 0.771. The SMILES string of the molecule is Cc1cc(F)ccc1OC1C(C)CC(C)CC1O. The molecule has 0 aliphatic heterocycles. The number of aryl methyl sites for hydroxylation is 1. The predicted octanol–water partition coefficient (Wildman–Crippen LogP) is 3.31. The lowest BCUT2D eigenvalue weighted by Gasteiger charge is -2.37. The molecule has 2 nitrogen and oxygen atoms in total. The second-order valence-corrected chi connectivity index (χ2v) is 5.61. The van der Waals surface area contributed by atoms with E-state index in [4.69, 9.17) is 4.74 Å². The van der Waals surface area contributed by atoms with Gasteiger partial charge in [0.25, 0.3) is 0 Å². The zero-order valence-corrected chi connectivity index (χ0v) is 11.2. The summed E-state index contributed by atoms with van der Waals surface area (Å²) in [6, 6.07) is 4.49. The second-order valence-electron chi connectivity index (χ2n) is 5.61. The smallest absolute Gasteiger partial charge is 0.127 e. The number of halogens is 1. The van der Waals surface area contributed by atoms with Gasteiger partial charge < -0.3 is 9.84 Å². The van der Waals surface area contributed by atoms with Gasteiger partial charge in [0.15, 0.2) is 0 Å². The van der Waals surface area contributed by atoms with E-state index in [2.05, 4.69) is 13.8 Å². The highest BCUT2D eigenvalue weighted by molar-refractivity contribution is 5.32. The van der Waals surface area contributed by atoms with Crippen molar-refractivity contribution >= 4 is 0 Å². The Balaban J connectivity index is 2.12. The number of hydrogen-bond acceptors (Lipinski definition) is 2. The third-order valence-electron chi connectivity index (χ3n) is 3.76. The molecular weight excluding hydrogens is 231 g/mol. The largest absolute Gasteiger partial charge is 0.487 e. The lowest BCUT2D eigenvalue weighted by Crippen LogP contribution is -2.43. The number of aliphatic hydroxyl groups excluding tert-OH is 1. The maximum atomic E-state index is 13.0. The lowest BCUT2D eigenvalue weighted by molar-refractivity contribution is -0.0391. The molecule has 100 valence electrons. The minimum absolute atomic E-state index is 0.189. The quantitative estimate of drug-likeness (QED) is 0.875. The van der Waals surface area contributed by atoms with E-state index in [1.165, 1.54) is 12.1 Å². The van der Waals surface area contributed by atoms with Gasteiger partial charge in [-0.1, -0.05) is 13.8 Å². The van der Waals surface area contributed by atoms with Crippen molar-refractivity contribution in [2.75, 3.05) is 0 Å². The summed E-state index contributed by atoms with van der Waals surface area (Å²) < 4.78 is 18.9. The van der Waals surface area contributed by atoms with Crippen molar-refractivity contribution in [1.82, 2.24) is 0 Å². The summed E-state index contributed by atoms with van der Waals surface area (Å²) in [5, 5.41) is 10.1. The molecule has 1 N–H and O–H groups in total. The van der Waals surface area contributed by atoms with Crippen molar-refractivity contribution in [1.29, 1.82) is 0 Å². The molecule has 1 fully saturated rings. The molecule has 0 amide bonds. The molecule has 2 rings (SSSR count). The Morgan fingerprint density at radius 3 is 2.61 bits per heavy atom. The van der Waals surface area contributed by atoms with Crippen LogP contribution in [0.15, 0.2) is 18.2 Å². The van der Waals surface area contributed by atoms with E-state index in [1.54, 1.807) is 6.07 Å². The number of benzene rings is 1. The normalized spacial score (nSPS) is 32.3. The zero-order chi connectivity index (χ0) is 13.3. The lowest BCUT2D eigenvalue weighted by atomic mass is 9.79. The van der Waals surface area contributed by atoms with Crippen LogP contribution in [-0.4, -0.2) is 17.3 Å². The van der Waals surface area contributed by atoms with Gasteiger partial charge >= 0.3 is 0 Å². The van der Waals surface area contributed by atoms with E-state index in [1.807, 2.05) is 6.92 Å². The Morgan fingerprint density at radius 2 is 2.00 bits per heavy atom. The van der Waals surface area contributed by atoms with Crippen molar-refractivity contribution in [3.8, 4) is 5.75 Å². The monoisotopic (exact) mass is 252 g/mol. The molecule has 0 spiro atoms. The fraction of sp³-hybridized carbons (Fsp3) is 0.600. The first-order chi connectivity index (χ1) is 8.47. The van der Waals surface area contributed by atoms with Crippen molar-refractivity contribution in [3.05, 3.63) is 29.6 Å². The first kappa shape index (κ1) is 13.3. The van der Waals surface area contributed by atoms with Crippen LogP contribution in [0.25, 0.3) is 0 Å². The van der Waals surface area contributed by atoms with Gasteiger partial charge in [-0.15, -0.1) is 0 Å². The molecule has 3 heteroatoms. The Labute approximate surface area is 108 Å². The Morgan fingerprint density at radius 1 is 1.28 bits per heavy atom. The van der Waals surface area contributed by atoms with Crippen LogP contribution < -0.4 is 4.74 Å². The van der Waals surface area contributed by atoms with Crippen molar-refractivity contribution < 1.29 is 14.2 Å². The molecule has 0 saturated heterocycles. The first-order valence-corrected chi connectivity index (χ1v) is 6.58. The highest BCUT2D eigenvalue weighted by Crippen LogP contribution is 2.33. The summed E-state index contributed by atoms with van der Waals surface area (Å²) in [7, 11) is 0. The average molecular weight is 252 g/mol. The van der Waals surface area contributed by atoms with E-state index < -0.39 is 6.10 Å². The van der Waals surface area contributed by atoms with Crippen molar-refractivity contribution in [3.63, 3.8) is 0 Å². The molecule has 0 aromatic heterocycles. The van der Waals surface area contributed by atoms with Crippen LogP contribution in [0.3, 0.4) is 0 Å². The van der Waals surface area contributed by atoms with Crippen molar-refractivity contribution in [2.24, 2.45) is 11.8 Å². The van der Waals surface area contributed by atoms with E-state index >= 15 is 0 Å². The summed E-state index contributed by atoms with van der Waals surface area (Å²) >= 11 is 0. The third kappa shape index (κ3) is 2.83. The van der Waals surface area contributed by atoms with Gasteiger partial charge in [-0.3, -0.25) is 0 Å². The van der Waals surface area contributed by atoms with Crippen LogP contribution >= 0.6 is 0 Å². The molecule has 0 radical (unpaired) electrons. The second kappa shape index (κ2) is 5.27. The van der Waals surface area contributed by atoms with E-state index in [0.717, 1.165) is 18.4 Å². The Bertz CT molecular complexity index is 407. The van der Waals surface area contributed by atoms with Crippen LogP contribution in [0, 0.1) is 24.6 Å². The molecule has 1 aliphatic carbocycles. The maximum Gasteiger partial charge on any atom is 0.127 e. The Kier molecular flexibility index (Phi) is 3.91. The number of aliphatic hydroxyl groups is 1. The molecule has 0 bridgehead atoms. The molecule has 1 saturated carbocycles. The van der Waals surface area contributed by atoms with Crippen molar-refractivity contribution in [2.45, 2.75) is 45.8 Å². The van der Waals surface area contributed by atoms with Crippen LogP contribution in [0.4, 0.5) is 4.39 Å². The van der Waals surface area contributed by atoms with Gasteiger partial charge in [0.05, 0.1) is 6.10 Å². The molecule has 1 aromatic carbocycles. The summed E-state index contributed by atoms with van der Waals surface area (Å²) in [6.07, 6.45) is 1.20. The molecule has 4 unspecified atom stereocenters. The summed E-state index contributed by atoms with van der Waals surface area (Å²) in [6.45, 7) is 6.07. The fourth-order valence-electron chi connectivity index (χ4n) is 2.88. The minimum atomic E-state index is -0.437. The van der Waals surface area contributed by atoms with E-state index in [9.17, 15) is 9.50 Å². The predicted molar refractivity (Wildman–Crippen MR) is 69.1 cm³/mol. The average Bonchev–Trinajstić information content (AvgIpc) is 2.25. The molecular formula is C15H21FO2. The van der Waals surface area contributed by atoms with Gasteiger partial charge in [-0.2, -0.15) is 0 Å². The van der Waals surface area contributed by atoms with Gasteiger partial charge in [-0.05, 0) is 55.4 Å². The molecule has 1 aromatic rings. The summed E-state index contributed by atoms with van der Waals surface area (Å²) in [4.78, 5) is 0. The standard InChI is InChI=1S/C15H21FO2/c1-9-6-11(3)15(13(17)7-9)18-14-5-4-12(16)8-10(14)2/h4-5,8-9,11,13,15,17H,6-7H2,1-3H3. The zero-order valence-electron chi connectivity index (χ0n) is 11.2. The minimum Gasteiger partial charge on any atom is -0.487 e. The molecule has 0 heterocycles. The molecule has 18 heavy (non-hydrogen) atoms. The highest BCUT2D eigenvalue weighted by atomic mass is 19.1. The third-order valence-corrected chi connectivity index (χ3v) is 3.76.